The molecule has 1 aliphatic rings. The summed E-state index contributed by atoms with van der Waals surface area (Å²) in [5.41, 5.74) is 2.14. The van der Waals surface area contributed by atoms with Crippen LogP contribution < -0.4 is 10.2 Å². The van der Waals surface area contributed by atoms with Crippen molar-refractivity contribution in [1.82, 2.24) is 9.97 Å². The first-order valence-electron chi connectivity index (χ1n) is 9.83. The van der Waals surface area contributed by atoms with Crippen molar-refractivity contribution in [2.75, 3.05) is 23.3 Å². The van der Waals surface area contributed by atoms with Crippen LogP contribution in [-0.4, -0.2) is 33.9 Å². The van der Waals surface area contributed by atoms with Crippen molar-refractivity contribution in [3.8, 4) is 11.4 Å². The molecule has 1 aliphatic heterocycles. The lowest BCUT2D eigenvalue weighted by Gasteiger charge is -2.22. The molecule has 0 spiro atoms. The van der Waals surface area contributed by atoms with Crippen molar-refractivity contribution >= 4 is 33.8 Å². The van der Waals surface area contributed by atoms with Crippen LogP contribution in [0.4, 0.5) is 16.5 Å². The third kappa shape index (κ3) is 4.46. The van der Waals surface area contributed by atoms with Crippen LogP contribution in [0, 0.1) is 10.1 Å². The summed E-state index contributed by atoms with van der Waals surface area (Å²) in [5.74, 6) is -0.428. The van der Waals surface area contributed by atoms with Gasteiger partial charge < -0.3 is 4.90 Å². The molecule has 30 heavy (non-hydrogen) atoms. The Morgan fingerprint density at radius 3 is 2.60 bits per heavy atom. The predicted molar refractivity (Wildman–Crippen MR) is 117 cm³/mol. The lowest BCUT2D eigenvalue weighted by Crippen LogP contribution is -2.25. The van der Waals surface area contributed by atoms with Gasteiger partial charge in [0, 0.05) is 36.3 Å². The molecule has 1 aromatic carbocycles. The smallest absolute Gasteiger partial charge is 0.293 e. The Morgan fingerprint density at radius 1 is 1.10 bits per heavy atom. The maximum absolute atomic E-state index is 12.7. The topological polar surface area (TPSA) is 101 Å². The molecule has 4 rings (SSSR count). The molecule has 0 unspecified atom stereocenters. The van der Waals surface area contributed by atoms with Crippen molar-refractivity contribution in [2.45, 2.75) is 25.7 Å². The molecule has 0 radical (unpaired) electrons. The number of hydrogen-bond donors (Lipinski definition) is 1. The third-order valence-corrected chi connectivity index (χ3v) is 5.79. The van der Waals surface area contributed by atoms with E-state index in [1.54, 1.807) is 18.3 Å². The largest absolute Gasteiger partial charge is 0.366 e. The number of thiazole rings is 1. The highest BCUT2D eigenvalue weighted by Gasteiger charge is 2.23. The first kappa shape index (κ1) is 20.0. The van der Waals surface area contributed by atoms with Gasteiger partial charge >= 0.3 is 0 Å². The maximum Gasteiger partial charge on any atom is 0.293 e. The minimum absolute atomic E-state index is 0.0436. The van der Waals surface area contributed by atoms with Crippen LogP contribution in [0.1, 0.15) is 36.0 Å². The Labute approximate surface area is 177 Å². The van der Waals surface area contributed by atoms with Crippen molar-refractivity contribution in [2.24, 2.45) is 0 Å². The van der Waals surface area contributed by atoms with Gasteiger partial charge in [0.15, 0.2) is 5.13 Å². The second-order valence-electron chi connectivity index (χ2n) is 7.07. The van der Waals surface area contributed by atoms with Crippen LogP contribution in [0.15, 0.2) is 48.0 Å². The van der Waals surface area contributed by atoms with Crippen molar-refractivity contribution in [3.63, 3.8) is 0 Å². The molecule has 9 heteroatoms. The quantitative estimate of drug-likeness (QED) is 0.470. The molecule has 0 aliphatic carbocycles. The number of pyridine rings is 1. The standard InChI is InChI=1S/C21H21N5O3S/c27-20(24-21-23-17(14-30-21)16-7-3-4-10-22-16)15-8-9-18(19(13-15)26(28)29)25-11-5-1-2-6-12-25/h3-4,7-10,13-14H,1-2,5-6,11-12H2,(H,23,24,27). The second kappa shape index (κ2) is 9.00. The predicted octanol–water partition coefficient (Wildman–Crippen LogP) is 4.75. The summed E-state index contributed by atoms with van der Waals surface area (Å²) in [7, 11) is 0. The van der Waals surface area contributed by atoms with Gasteiger partial charge in [-0.25, -0.2) is 4.98 Å². The first-order chi connectivity index (χ1) is 14.6. The van der Waals surface area contributed by atoms with Gasteiger partial charge in [-0.15, -0.1) is 11.3 Å². The number of hydrogen-bond acceptors (Lipinski definition) is 7. The van der Waals surface area contributed by atoms with Crippen LogP contribution in [0.25, 0.3) is 11.4 Å². The van der Waals surface area contributed by atoms with Gasteiger partial charge in [0.2, 0.25) is 0 Å². The van der Waals surface area contributed by atoms with Crippen molar-refractivity contribution in [1.29, 1.82) is 0 Å². The average molecular weight is 423 g/mol. The lowest BCUT2D eigenvalue weighted by molar-refractivity contribution is -0.384. The molecule has 1 N–H and O–H groups in total. The molecule has 0 bridgehead atoms. The highest BCUT2D eigenvalue weighted by Crippen LogP contribution is 2.31. The summed E-state index contributed by atoms with van der Waals surface area (Å²) in [6, 6.07) is 10.2. The van der Waals surface area contributed by atoms with E-state index in [1.165, 1.54) is 17.4 Å². The van der Waals surface area contributed by atoms with Crippen molar-refractivity contribution in [3.05, 3.63) is 63.7 Å². The Kier molecular flexibility index (Phi) is 5.99. The SMILES string of the molecule is O=C(Nc1nc(-c2ccccn2)cs1)c1ccc(N2CCCCCC2)c([N+](=O)[O-])c1. The second-order valence-corrected chi connectivity index (χ2v) is 7.93. The summed E-state index contributed by atoms with van der Waals surface area (Å²) < 4.78 is 0. The van der Waals surface area contributed by atoms with Gasteiger partial charge in [0.1, 0.15) is 11.4 Å². The fraction of sp³-hybridized carbons (Fsp3) is 0.286. The van der Waals surface area contributed by atoms with Crippen LogP contribution >= 0.6 is 11.3 Å². The zero-order valence-corrected chi connectivity index (χ0v) is 17.1. The van der Waals surface area contributed by atoms with E-state index in [2.05, 4.69) is 15.3 Å². The van der Waals surface area contributed by atoms with E-state index in [9.17, 15) is 14.9 Å². The molecule has 1 amide bonds. The van der Waals surface area contributed by atoms with Gasteiger partial charge in [-0.3, -0.25) is 25.2 Å². The number of anilines is 2. The number of carbonyl (C=O) groups excluding carboxylic acids is 1. The van der Waals surface area contributed by atoms with Crippen LogP contribution in [0.5, 0.6) is 0 Å². The zero-order valence-electron chi connectivity index (χ0n) is 16.3. The lowest BCUT2D eigenvalue weighted by atomic mass is 10.1. The fourth-order valence-corrected chi connectivity index (χ4v) is 4.22. The van der Waals surface area contributed by atoms with Gasteiger partial charge in [-0.2, -0.15) is 0 Å². The van der Waals surface area contributed by atoms with E-state index in [1.807, 2.05) is 28.5 Å². The number of aromatic nitrogens is 2. The number of rotatable bonds is 5. The summed E-state index contributed by atoms with van der Waals surface area (Å²) >= 11 is 1.28. The summed E-state index contributed by atoms with van der Waals surface area (Å²) in [6.45, 7) is 1.59. The Morgan fingerprint density at radius 2 is 1.90 bits per heavy atom. The number of nitrogens with zero attached hydrogens (tertiary/aromatic N) is 4. The number of benzene rings is 1. The van der Waals surface area contributed by atoms with E-state index < -0.39 is 10.8 Å². The van der Waals surface area contributed by atoms with Crippen molar-refractivity contribution < 1.29 is 9.72 Å². The first-order valence-corrected chi connectivity index (χ1v) is 10.7. The molecule has 3 aromatic rings. The average Bonchev–Trinajstić information content (AvgIpc) is 3.06. The Balaban J connectivity index is 1.53. The van der Waals surface area contributed by atoms with Crippen LogP contribution in [0.3, 0.4) is 0 Å². The minimum atomic E-state index is -0.428. The fourth-order valence-electron chi connectivity index (χ4n) is 3.52. The zero-order chi connectivity index (χ0) is 20.9. The van der Waals surface area contributed by atoms with Gasteiger partial charge in [-0.05, 0) is 37.1 Å². The highest BCUT2D eigenvalue weighted by molar-refractivity contribution is 7.14. The molecule has 1 fully saturated rings. The van der Waals surface area contributed by atoms with E-state index in [0.29, 0.717) is 22.2 Å². The molecule has 0 atom stereocenters. The van der Waals surface area contributed by atoms with Gasteiger partial charge in [0.05, 0.1) is 10.6 Å². The van der Waals surface area contributed by atoms with E-state index >= 15 is 0 Å². The molecule has 1 saturated heterocycles. The van der Waals surface area contributed by atoms with E-state index in [0.717, 1.165) is 38.8 Å². The molecular formula is C21H21N5O3S. The van der Waals surface area contributed by atoms with E-state index in [4.69, 9.17) is 0 Å². The number of nitro groups is 1. The molecule has 3 heterocycles. The number of nitro benzene ring substituents is 1. The normalized spacial score (nSPS) is 14.2. The van der Waals surface area contributed by atoms with Crippen LogP contribution in [0.2, 0.25) is 0 Å². The summed E-state index contributed by atoms with van der Waals surface area (Å²) in [6.07, 6.45) is 5.99. The Bertz CT molecular complexity index is 1050. The highest BCUT2D eigenvalue weighted by atomic mass is 32.1. The molecular weight excluding hydrogens is 402 g/mol. The molecule has 8 nitrogen and oxygen atoms in total. The summed E-state index contributed by atoms with van der Waals surface area (Å²) in [5, 5.41) is 16.6. The molecule has 0 saturated carbocycles. The minimum Gasteiger partial charge on any atom is -0.366 e. The third-order valence-electron chi connectivity index (χ3n) is 5.03. The molecule has 2 aromatic heterocycles. The van der Waals surface area contributed by atoms with Gasteiger partial charge in [0.25, 0.3) is 11.6 Å². The number of amides is 1. The van der Waals surface area contributed by atoms with Gasteiger partial charge in [-0.1, -0.05) is 18.9 Å². The molecule has 154 valence electrons. The Hall–Kier alpha value is -3.33. The number of nitrogens with one attached hydrogen (secondary N) is 1. The summed E-state index contributed by atoms with van der Waals surface area (Å²) in [4.78, 5) is 34.6. The van der Waals surface area contributed by atoms with Crippen LogP contribution in [-0.2, 0) is 0 Å². The monoisotopic (exact) mass is 423 g/mol. The maximum atomic E-state index is 12.7. The van der Waals surface area contributed by atoms with E-state index in [-0.39, 0.29) is 11.3 Å². The number of carbonyl (C=O) groups is 1.